The van der Waals surface area contributed by atoms with Gasteiger partial charge >= 0.3 is 0 Å². The van der Waals surface area contributed by atoms with Gasteiger partial charge in [0.25, 0.3) is 0 Å². The maximum atomic E-state index is 12.0. The van der Waals surface area contributed by atoms with Gasteiger partial charge in [-0.15, -0.1) is 0 Å². The van der Waals surface area contributed by atoms with Crippen molar-refractivity contribution < 1.29 is 4.79 Å². The van der Waals surface area contributed by atoms with Gasteiger partial charge in [-0.1, -0.05) is 63.4 Å². The minimum absolute atomic E-state index is 0.0863. The average Bonchev–Trinajstić information content (AvgIpc) is 2.43. The Bertz CT molecular complexity index is 631. The van der Waals surface area contributed by atoms with Crippen LogP contribution in [0.3, 0.4) is 0 Å². The topological polar surface area (TPSA) is 29.1 Å². The SMILES string of the molecule is O=C(Cc1ccc(Cl)c(Cl)c1)Nc1ccccc1CBr. The molecule has 5 heteroatoms. The largest absolute Gasteiger partial charge is 0.326 e. The van der Waals surface area contributed by atoms with Gasteiger partial charge in [-0.25, -0.2) is 0 Å². The van der Waals surface area contributed by atoms with Gasteiger partial charge in [-0.05, 0) is 29.3 Å². The molecule has 20 heavy (non-hydrogen) atoms. The van der Waals surface area contributed by atoms with Gasteiger partial charge in [-0.2, -0.15) is 0 Å². The number of anilines is 1. The Morgan fingerprint density at radius 3 is 2.55 bits per heavy atom. The molecule has 2 nitrogen and oxygen atoms in total. The lowest BCUT2D eigenvalue weighted by Crippen LogP contribution is -2.15. The van der Waals surface area contributed by atoms with Crippen LogP contribution in [0.1, 0.15) is 11.1 Å². The van der Waals surface area contributed by atoms with Crippen molar-refractivity contribution in [3.8, 4) is 0 Å². The van der Waals surface area contributed by atoms with Gasteiger partial charge in [0, 0.05) is 11.0 Å². The molecule has 2 aromatic carbocycles. The number of rotatable bonds is 4. The van der Waals surface area contributed by atoms with Crippen LogP contribution in [0.25, 0.3) is 0 Å². The number of carbonyl (C=O) groups is 1. The van der Waals surface area contributed by atoms with Crippen LogP contribution in [0.5, 0.6) is 0 Å². The predicted octanol–water partition coefficient (Wildman–Crippen LogP) is 5.07. The molecule has 2 rings (SSSR count). The van der Waals surface area contributed by atoms with E-state index >= 15 is 0 Å². The predicted molar refractivity (Wildman–Crippen MR) is 87.9 cm³/mol. The van der Waals surface area contributed by atoms with Crippen molar-refractivity contribution in [1.29, 1.82) is 0 Å². The second-order valence-electron chi connectivity index (χ2n) is 4.26. The van der Waals surface area contributed by atoms with Crippen LogP contribution in [0, 0.1) is 0 Å². The van der Waals surface area contributed by atoms with E-state index in [-0.39, 0.29) is 12.3 Å². The summed E-state index contributed by atoms with van der Waals surface area (Å²) in [4.78, 5) is 12.0. The van der Waals surface area contributed by atoms with Crippen molar-refractivity contribution >= 4 is 50.7 Å². The highest BCUT2D eigenvalue weighted by atomic mass is 79.9. The number of halogens is 3. The van der Waals surface area contributed by atoms with Crippen LogP contribution >= 0.6 is 39.1 Å². The second-order valence-corrected chi connectivity index (χ2v) is 5.64. The summed E-state index contributed by atoms with van der Waals surface area (Å²) in [6.45, 7) is 0. The van der Waals surface area contributed by atoms with Crippen LogP contribution < -0.4 is 5.32 Å². The van der Waals surface area contributed by atoms with E-state index in [2.05, 4.69) is 21.2 Å². The van der Waals surface area contributed by atoms with Gasteiger partial charge < -0.3 is 5.32 Å². The molecule has 0 saturated carbocycles. The van der Waals surface area contributed by atoms with E-state index in [9.17, 15) is 4.79 Å². The number of nitrogens with one attached hydrogen (secondary N) is 1. The molecule has 0 heterocycles. The monoisotopic (exact) mass is 371 g/mol. The zero-order valence-electron chi connectivity index (χ0n) is 10.5. The molecule has 0 spiro atoms. The van der Waals surface area contributed by atoms with E-state index in [4.69, 9.17) is 23.2 Å². The first-order chi connectivity index (χ1) is 9.60. The Hall–Kier alpha value is -1.03. The third-order valence-electron chi connectivity index (χ3n) is 2.78. The summed E-state index contributed by atoms with van der Waals surface area (Å²) in [7, 11) is 0. The fraction of sp³-hybridized carbons (Fsp3) is 0.133. The summed E-state index contributed by atoms with van der Waals surface area (Å²) in [5.41, 5.74) is 2.68. The zero-order valence-corrected chi connectivity index (χ0v) is 13.6. The summed E-state index contributed by atoms with van der Waals surface area (Å²) >= 11 is 15.2. The van der Waals surface area contributed by atoms with E-state index in [1.54, 1.807) is 18.2 Å². The van der Waals surface area contributed by atoms with Crippen molar-refractivity contribution in [3.63, 3.8) is 0 Å². The molecular weight excluding hydrogens is 361 g/mol. The van der Waals surface area contributed by atoms with E-state index < -0.39 is 0 Å². The standard InChI is InChI=1S/C15H12BrCl2NO/c16-9-11-3-1-2-4-14(11)19-15(20)8-10-5-6-12(17)13(18)7-10/h1-7H,8-9H2,(H,19,20). The molecule has 0 bridgehead atoms. The lowest BCUT2D eigenvalue weighted by Gasteiger charge is -2.09. The number of benzene rings is 2. The van der Waals surface area contributed by atoms with Gasteiger partial charge in [0.05, 0.1) is 16.5 Å². The van der Waals surface area contributed by atoms with Gasteiger partial charge in [-0.3, -0.25) is 4.79 Å². The molecule has 104 valence electrons. The van der Waals surface area contributed by atoms with E-state index in [1.807, 2.05) is 24.3 Å². The first-order valence-corrected chi connectivity index (χ1v) is 7.85. The summed E-state index contributed by atoms with van der Waals surface area (Å²) in [6.07, 6.45) is 0.257. The number of carbonyl (C=O) groups excluding carboxylic acids is 1. The second kappa shape index (κ2) is 7.11. The first-order valence-electron chi connectivity index (χ1n) is 5.98. The molecule has 0 aliphatic carbocycles. The molecule has 0 unspecified atom stereocenters. The fourth-order valence-electron chi connectivity index (χ4n) is 1.79. The Kier molecular flexibility index (Phi) is 5.46. The molecule has 0 atom stereocenters. The molecule has 1 N–H and O–H groups in total. The highest BCUT2D eigenvalue weighted by Crippen LogP contribution is 2.23. The Morgan fingerprint density at radius 1 is 1.10 bits per heavy atom. The Morgan fingerprint density at radius 2 is 1.85 bits per heavy atom. The van der Waals surface area contributed by atoms with Gasteiger partial charge in [0.2, 0.25) is 5.91 Å². The summed E-state index contributed by atoms with van der Waals surface area (Å²) < 4.78 is 0. The van der Waals surface area contributed by atoms with Crippen molar-refractivity contribution in [2.75, 3.05) is 5.32 Å². The molecule has 0 aromatic heterocycles. The minimum Gasteiger partial charge on any atom is -0.326 e. The number of para-hydroxylation sites is 1. The number of hydrogen-bond acceptors (Lipinski definition) is 1. The maximum Gasteiger partial charge on any atom is 0.228 e. The molecule has 0 saturated heterocycles. The summed E-state index contributed by atoms with van der Waals surface area (Å²) in [6, 6.07) is 12.9. The van der Waals surface area contributed by atoms with E-state index in [1.165, 1.54) is 0 Å². The van der Waals surface area contributed by atoms with Crippen LogP contribution in [0.2, 0.25) is 10.0 Å². The van der Waals surface area contributed by atoms with Crippen LogP contribution in [-0.2, 0) is 16.5 Å². The third-order valence-corrected chi connectivity index (χ3v) is 4.13. The molecule has 1 amide bonds. The first kappa shape index (κ1) is 15.4. The quantitative estimate of drug-likeness (QED) is 0.746. The number of hydrogen-bond donors (Lipinski definition) is 1. The average molecular weight is 373 g/mol. The van der Waals surface area contributed by atoms with E-state index in [0.717, 1.165) is 16.8 Å². The molecule has 0 fully saturated rings. The van der Waals surface area contributed by atoms with Crippen molar-refractivity contribution in [2.45, 2.75) is 11.8 Å². The molecule has 2 aromatic rings. The minimum atomic E-state index is -0.0863. The lowest BCUT2D eigenvalue weighted by atomic mass is 10.1. The fourth-order valence-corrected chi connectivity index (χ4v) is 2.60. The highest BCUT2D eigenvalue weighted by Gasteiger charge is 2.08. The molecule has 0 aliphatic rings. The van der Waals surface area contributed by atoms with Gasteiger partial charge in [0.1, 0.15) is 0 Å². The smallest absolute Gasteiger partial charge is 0.228 e. The normalized spacial score (nSPS) is 10.3. The summed E-state index contributed by atoms with van der Waals surface area (Å²) in [5.74, 6) is -0.0863. The van der Waals surface area contributed by atoms with Crippen LogP contribution in [0.4, 0.5) is 5.69 Å². The zero-order chi connectivity index (χ0) is 14.5. The molecule has 0 radical (unpaired) electrons. The maximum absolute atomic E-state index is 12.0. The number of alkyl halides is 1. The lowest BCUT2D eigenvalue weighted by molar-refractivity contribution is -0.115. The highest BCUT2D eigenvalue weighted by molar-refractivity contribution is 9.08. The van der Waals surface area contributed by atoms with Crippen molar-refractivity contribution in [1.82, 2.24) is 0 Å². The third kappa shape index (κ3) is 3.98. The van der Waals surface area contributed by atoms with E-state index in [0.29, 0.717) is 15.4 Å². The Balaban J connectivity index is 2.07. The van der Waals surface area contributed by atoms with Crippen LogP contribution in [-0.4, -0.2) is 5.91 Å². The molecule has 0 aliphatic heterocycles. The Labute approximate surface area is 136 Å². The van der Waals surface area contributed by atoms with Gasteiger partial charge in [0.15, 0.2) is 0 Å². The summed E-state index contributed by atoms with van der Waals surface area (Å²) in [5, 5.41) is 4.53. The van der Waals surface area contributed by atoms with Crippen molar-refractivity contribution in [2.24, 2.45) is 0 Å². The van der Waals surface area contributed by atoms with Crippen LogP contribution in [0.15, 0.2) is 42.5 Å². The number of amides is 1. The molecular formula is C15H12BrCl2NO. The van der Waals surface area contributed by atoms with Crippen molar-refractivity contribution in [3.05, 3.63) is 63.6 Å².